The molecule has 0 aliphatic carbocycles. The molecule has 1 amide bonds. The van der Waals surface area contributed by atoms with E-state index in [1.807, 2.05) is 50.4 Å². The van der Waals surface area contributed by atoms with E-state index in [1.54, 1.807) is 12.1 Å². The number of hydrogen-bond donors (Lipinski definition) is 1. The van der Waals surface area contributed by atoms with Crippen LogP contribution in [-0.2, 0) is 4.79 Å². The molecule has 1 N–H and O–H groups in total. The first-order valence-electron chi connectivity index (χ1n) is 9.40. The average molecular weight is 406 g/mol. The number of halogens is 1. The van der Waals surface area contributed by atoms with Crippen LogP contribution in [0.5, 0.6) is 0 Å². The largest absolute Gasteiger partial charge is 0.365 e. The lowest BCUT2D eigenvalue weighted by Gasteiger charge is -2.40. The van der Waals surface area contributed by atoms with Crippen molar-refractivity contribution < 1.29 is 4.79 Å². The SMILES string of the molecule is CC1=CC(C)(C)N(C)c2cc(Cl)c(/C=C(\C#N)C(=O)Nc3ccccc3C)cc21. The van der Waals surface area contributed by atoms with Crippen molar-refractivity contribution in [3.05, 3.63) is 69.8 Å². The summed E-state index contributed by atoms with van der Waals surface area (Å²) in [5.74, 6) is -0.457. The third-order valence-electron chi connectivity index (χ3n) is 5.39. The first-order chi connectivity index (χ1) is 13.6. The molecule has 1 aliphatic heterocycles. The molecular weight excluding hydrogens is 382 g/mol. The third-order valence-corrected chi connectivity index (χ3v) is 5.72. The number of nitrogens with zero attached hydrogens (tertiary/aromatic N) is 2. The van der Waals surface area contributed by atoms with Crippen LogP contribution in [0.2, 0.25) is 5.02 Å². The van der Waals surface area contributed by atoms with Gasteiger partial charge in [-0.05, 0) is 68.7 Å². The summed E-state index contributed by atoms with van der Waals surface area (Å²) >= 11 is 6.53. The molecule has 5 heteroatoms. The number of allylic oxidation sites excluding steroid dienone is 1. The second-order valence-electron chi connectivity index (χ2n) is 7.87. The number of fused-ring (bicyclic) bond motifs is 1. The standard InChI is InChI=1S/C24H24ClN3O/c1-15-8-6-7-9-21(15)27-23(29)18(14-26)10-17-11-19-16(2)13-24(3,4)28(5)22(19)12-20(17)25/h6-13H,1-5H3,(H,27,29)/b18-10+. The predicted molar refractivity (Wildman–Crippen MR) is 121 cm³/mol. The Labute approximate surface area is 177 Å². The van der Waals surface area contributed by atoms with Crippen LogP contribution < -0.4 is 10.2 Å². The normalized spacial score (nSPS) is 15.3. The Balaban J connectivity index is 1.99. The fraction of sp³-hybridized carbons (Fsp3) is 0.250. The van der Waals surface area contributed by atoms with Gasteiger partial charge in [0.25, 0.3) is 5.91 Å². The molecule has 0 unspecified atom stereocenters. The van der Waals surface area contributed by atoms with Crippen molar-refractivity contribution in [3.8, 4) is 6.07 Å². The van der Waals surface area contributed by atoms with Crippen molar-refractivity contribution >= 4 is 40.5 Å². The summed E-state index contributed by atoms with van der Waals surface area (Å²) < 4.78 is 0. The van der Waals surface area contributed by atoms with E-state index in [4.69, 9.17) is 11.6 Å². The molecule has 0 saturated carbocycles. The van der Waals surface area contributed by atoms with Crippen LogP contribution >= 0.6 is 11.6 Å². The van der Waals surface area contributed by atoms with Crippen molar-refractivity contribution in [2.24, 2.45) is 0 Å². The van der Waals surface area contributed by atoms with Gasteiger partial charge in [0.05, 0.1) is 5.54 Å². The summed E-state index contributed by atoms with van der Waals surface area (Å²) in [6.45, 7) is 8.25. The van der Waals surface area contributed by atoms with E-state index in [9.17, 15) is 10.1 Å². The molecule has 2 aromatic rings. The maximum Gasteiger partial charge on any atom is 0.266 e. The van der Waals surface area contributed by atoms with Crippen molar-refractivity contribution in [1.82, 2.24) is 0 Å². The molecule has 0 atom stereocenters. The third kappa shape index (κ3) is 4.06. The lowest BCUT2D eigenvalue weighted by Crippen LogP contribution is -2.42. The Morgan fingerprint density at radius 1 is 1.24 bits per heavy atom. The maximum atomic E-state index is 12.6. The van der Waals surface area contributed by atoms with Gasteiger partial charge in [0.15, 0.2) is 0 Å². The minimum atomic E-state index is -0.457. The molecule has 29 heavy (non-hydrogen) atoms. The van der Waals surface area contributed by atoms with E-state index >= 15 is 0 Å². The summed E-state index contributed by atoms with van der Waals surface area (Å²) in [5, 5.41) is 12.9. The van der Waals surface area contributed by atoms with Crippen LogP contribution in [0, 0.1) is 18.3 Å². The van der Waals surface area contributed by atoms with Crippen molar-refractivity contribution in [1.29, 1.82) is 5.26 Å². The summed E-state index contributed by atoms with van der Waals surface area (Å²) in [4.78, 5) is 14.8. The number of aryl methyl sites for hydroxylation is 1. The lowest BCUT2D eigenvalue weighted by molar-refractivity contribution is -0.112. The lowest BCUT2D eigenvalue weighted by atomic mass is 9.88. The number of nitriles is 1. The van der Waals surface area contributed by atoms with Gasteiger partial charge in [-0.15, -0.1) is 0 Å². The zero-order valence-corrected chi connectivity index (χ0v) is 18.1. The Kier molecular flexibility index (Phi) is 5.55. The molecule has 0 aromatic heterocycles. The summed E-state index contributed by atoms with van der Waals surface area (Å²) in [6, 6.07) is 13.3. The number of amides is 1. The van der Waals surface area contributed by atoms with Gasteiger partial charge in [-0.2, -0.15) is 5.26 Å². The Morgan fingerprint density at radius 3 is 2.59 bits per heavy atom. The number of carbonyl (C=O) groups is 1. The van der Waals surface area contributed by atoms with Crippen LogP contribution in [-0.4, -0.2) is 18.5 Å². The second-order valence-corrected chi connectivity index (χ2v) is 8.28. The fourth-order valence-electron chi connectivity index (χ4n) is 3.51. The smallest absolute Gasteiger partial charge is 0.266 e. The van der Waals surface area contributed by atoms with Gasteiger partial charge in [-0.1, -0.05) is 35.9 Å². The van der Waals surface area contributed by atoms with Crippen LogP contribution in [0.25, 0.3) is 11.6 Å². The summed E-state index contributed by atoms with van der Waals surface area (Å²) in [5.41, 5.74) is 5.33. The van der Waals surface area contributed by atoms with Gasteiger partial charge in [0.2, 0.25) is 0 Å². The number of para-hydroxylation sites is 1. The predicted octanol–water partition coefficient (Wildman–Crippen LogP) is 5.83. The van der Waals surface area contributed by atoms with E-state index < -0.39 is 5.91 Å². The number of anilines is 2. The van der Waals surface area contributed by atoms with Crippen LogP contribution in [0.3, 0.4) is 0 Å². The van der Waals surface area contributed by atoms with E-state index in [0.717, 1.165) is 22.4 Å². The summed E-state index contributed by atoms with van der Waals surface area (Å²) in [6.07, 6.45) is 3.75. The van der Waals surface area contributed by atoms with Crippen molar-refractivity contribution in [2.75, 3.05) is 17.3 Å². The van der Waals surface area contributed by atoms with Gasteiger partial charge in [-0.25, -0.2) is 0 Å². The first-order valence-corrected chi connectivity index (χ1v) is 9.78. The average Bonchev–Trinajstić information content (AvgIpc) is 2.66. The van der Waals surface area contributed by atoms with Crippen molar-refractivity contribution in [2.45, 2.75) is 33.2 Å². The Bertz CT molecular complexity index is 1090. The van der Waals surface area contributed by atoms with Gasteiger partial charge in [0.1, 0.15) is 11.6 Å². The minimum absolute atomic E-state index is 0.00114. The number of hydrogen-bond acceptors (Lipinski definition) is 3. The quantitative estimate of drug-likeness (QED) is 0.516. The highest BCUT2D eigenvalue weighted by atomic mass is 35.5. The van der Waals surface area contributed by atoms with E-state index in [1.165, 1.54) is 0 Å². The molecule has 0 bridgehead atoms. The van der Waals surface area contributed by atoms with E-state index in [-0.39, 0.29) is 11.1 Å². The number of carbonyl (C=O) groups excluding carboxylic acids is 1. The van der Waals surface area contributed by atoms with Gasteiger partial charge in [0, 0.05) is 29.0 Å². The topological polar surface area (TPSA) is 56.1 Å². The molecule has 2 aromatic carbocycles. The van der Waals surface area contributed by atoms with Crippen LogP contribution in [0.1, 0.15) is 37.5 Å². The molecule has 3 rings (SSSR count). The first kappa shape index (κ1) is 20.7. The highest BCUT2D eigenvalue weighted by Crippen LogP contribution is 2.40. The highest BCUT2D eigenvalue weighted by Gasteiger charge is 2.29. The molecule has 0 radical (unpaired) electrons. The maximum absolute atomic E-state index is 12.6. The zero-order valence-electron chi connectivity index (χ0n) is 17.3. The van der Waals surface area contributed by atoms with Gasteiger partial charge < -0.3 is 10.2 Å². The van der Waals surface area contributed by atoms with Gasteiger partial charge in [-0.3, -0.25) is 4.79 Å². The molecule has 0 spiro atoms. The summed E-state index contributed by atoms with van der Waals surface area (Å²) in [7, 11) is 2.03. The van der Waals surface area contributed by atoms with Crippen molar-refractivity contribution in [3.63, 3.8) is 0 Å². The van der Waals surface area contributed by atoms with Crippen LogP contribution in [0.15, 0.2) is 48.0 Å². The zero-order chi connectivity index (χ0) is 21.3. The number of nitrogens with one attached hydrogen (secondary N) is 1. The minimum Gasteiger partial charge on any atom is -0.365 e. The van der Waals surface area contributed by atoms with E-state index in [2.05, 4.69) is 37.1 Å². The Morgan fingerprint density at radius 2 is 1.93 bits per heavy atom. The highest BCUT2D eigenvalue weighted by molar-refractivity contribution is 6.32. The molecule has 148 valence electrons. The second kappa shape index (κ2) is 7.77. The van der Waals surface area contributed by atoms with Crippen LogP contribution in [0.4, 0.5) is 11.4 Å². The molecule has 1 aliphatic rings. The van der Waals surface area contributed by atoms with E-state index in [0.29, 0.717) is 16.3 Å². The van der Waals surface area contributed by atoms with Gasteiger partial charge >= 0.3 is 0 Å². The molecule has 0 fully saturated rings. The molecular formula is C24H24ClN3O. The number of rotatable bonds is 3. The molecule has 0 saturated heterocycles. The molecule has 1 heterocycles. The molecule has 4 nitrogen and oxygen atoms in total. The monoisotopic (exact) mass is 405 g/mol. The Hall–Kier alpha value is -3.03. The number of likely N-dealkylation sites (N-methyl/N-ethyl adjacent to an activating group) is 1. The number of benzene rings is 2. The fourth-order valence-corrected chi connectivity index (χ4v) is 3.72.